The molecule has 0 unspecified atom stereocenters. The van der Waals surface area contributed by atoms with E-state index in [2.05, 4.69) is 4.90 Å². The molecule has 1 aromatic rings. The molecule has 0 spiro atoms. The van der Waals surface area contributed by atoms with Gasteiger partial charge in [0.2, 0.25) is 0 Å². The van der Waals surface area contributed by atoms with Gasteiger partial charge in [-0.2, -0.15) is 0 Å². The third-order valence-corrected chi connectivity index (χ3v) is 3.38. The lowest BCUT2D eigenvalue weighted by molar-refractivity contribution is 0.107. The van der Waals surface area contributed by atoms with Crippen LogP contribution in [-0.4, -0.2) is 23.9 Å². The van der Waals surface area contributed by atoms with Crippen molar-refractivity contribution in [2.75, 3.05) is 19.0 Å². The lowest BCUT2D eigenvalue weighted by Gasteiger charge is -2.38. The summed E-state index contributed by atoms with van der Waals surface area (Å²) < 4.78 is 13.1. The van der Waals surface area contributed by atoms with Gasteiger partial charge in [0.05, 0.1) is 5.02 Å². The fourth-order valence-electron chi connectivity index (χ4n) is 1.80. The molecule has 1 saturated heterocycles. The van der Waals surface area contributed by atoms with Crippen molar-refractivity contribution < 1.29 is 4.39 Å². The Balaban J connectivity index is 1.92. The van der Waals surface area contributed by atoms with Crippen molar-refractivity contribution >= 4 is 23.2 Å². The van der Waals surface area contributed by atoms with Crippen LogP contribution in [0.15, 0.2) is 18.2 Å². The molecule has 4 heteroatoms. The molecule has 1 aliphatic rings. The highest BCUT2D eigenvalue weighted by molar-refractivity contribution is 6.30. The third kappa shape index (κ3) is 2.63. The second-order valence-corrected chi connectivity index (χ2v) is 4.68. The summed E-state index contributed by atoms with van der Waals surface area (Å²) in [4.78, 5) is 2.25. The number of nitrogens with zero attached hydrogens (tertiary/aromatic N) is 1. The molecule has 0 bridgehead atoms. The minimum Gasteiger partial charge on any atom is -0.298 e. The smallest absolute Gasteiger partial charge is 0.142 e. The van der Waals surface area contributed by atoms with Gasteiger partial charge in [-0.05, 0) is 23.6 Å². The molecule has 0 N–H and O–H groups in total. The summed E-state index contributed by atoms with van der Waals surface area (Å²) in [5.74, 6) is 0.971. The molecule has 1 heterocycles. The highest BCUT2D eigenvalue weighted by Gasteiger charge is 2.25. The standard InChI is InChI=1S/C11H12Cl2FN/c12-4-9-6-15(7-9)5-8-1-2-10(13)11(14)3-8/h1-3,9H,4-7H2. The van der Waals surface area contributed by atoms with Gasteiger partial charge in [0.25, 0.3) is 0 Å². The molecule has 0 saturated carbocycles. The van der Waals surface area contributed by atoms with Crippen LogP contribution in [0.5, 0.6) is 0 Å². The van der Waals surface area contributed by atoms with Crippen LogP contribution in [0, 0.1) is 11.7 Å². The van der Waals surface area contributed by atoms with Crippen molar-refractivity contribution in [3.63, 3.8) is 0 Å². The predicted molar refractivity (Wildman–Crippen MR) is 60.9 cm³/mol. The van der Waals surface area contributed by atoms with Gasteiger partial charge in [-0.25, -0.2) is 4.39 Å². The predicted octanol–water partition coefficient (Wildman–Crippen LogP) is 3.15. The molecular weight excluding hydrogens is 236 g/mol. The molecule has 82 valence electrons. The average molecular weight is 248 g/mol. The van der Waals surface area contributed by atoms with Gasteiger partial charge in [-0.1, -0.05) is 17.7 Å². The highest BCUT2D eigenvalue weighted by Crippen LogP contribution is 2.21. The zero-order chi connectivity index (χ0) is 10.8. The van der Waals surface area contributed by atoms with Gasteiger partial charge in [0, 0.05) is 25.5 Å². The number of likely N-dealkylation sites (tertiary alicyclic amines) is 1. The number of hydrogen-bond acceptors (Lipinski definition) is 1. The van der Waals surface area contributed by atoms with Crippen LogP contribution in [0.3, 0.4) is 0 Å². The first kappa shape index (κ1) is 11.2. The topological polar surface area (TPSA) is 3.24 Å². The molecule has 2 rings (SSSR count). The highest BCUT2D eigenvalue weighted by atomic mass is 35.5. The van der Waals surface area contributed by atoms with Crippen LogP contribution >= 0.6 is 23.2 Å². The molecule has 1 aromatic carbocycles. The number of hydrogen-bond donors (Lipinski definition) is 0. The van der Waals surface area contributed by atoms with Crippen LogP contribution in [-0.2, 0) is 6.54 Å². The number of halogens is 3. The van der Waals surface area contributed by atoms with Crippen LogP contribution in [0.25, 0.3) is 0 Å². The fourth-order valence-corrected chi connectivity index (χ4v) is 2.11. The molecule has 0 aromatic heterocycles. The Morgan fingerprint density at radius 3 is 2.73 bits per heavy atom. The first-order chi connectivity index (χ1) is 7.19. The van der Waals surface area contributed by atoms with E-state index in [-0.39, 0.29) is 10.8 Å². The first-order valence-corrected chi connectivity index (χ1v) is 5.82. The van der Waals surface area contributed by atoms with E-state index >= 15 is 0 Å². The number of rotatable bonds is 3. The molecule has 0 amide bonds. The largest absolute Gasteiger partial charge is 0.298 e. The SMILES string of the molecule is Fc1cc(CN2CC(CCl)C2)ccc1Cl. The summed E-state index contributed by atoms with van der Waals surface area (Å²) in [5.41, 5.74) is 0.963. The lowest BCUT2D eigenvalue weighted by Crippen LogP contribution is -2.46. The molecule has 1 aliphatic heterocycles. The van der Waals surface area contributed by atoms with Crippen molar-refractivity contribution in [2.45, 2.75) is 6.54 Å². The Morgan fingerprint density at radius 1 is 1.40 bits per heavy atom. The van der Waals surface area contributed by atoms with Crippen molar-refractivity contribution in [1.82, 2.24) is 4.90 Å². The molecule has 0 atom stereocenters. The van der Waals surface area contributed by atoms with Gasteiger partial charge in [-0.3, -0.25) is 4.90 Å². The second kappa shape index (κ2) is 4.69. The normalized spacial score (nSPS) is 17.8. The zero-order valence-corrected chi connectivity index (χ0v) is 9.73. The van der Waals surface area contributed by atoms with E-state index in [0.717, 1.165) is 25.2 Å². The van der Waals surface area contributed by atoms with Crippen molar-refractivity contribution in [3.05, 3.63) is 34.6 Å². The van der Waals surface area contributed by atoms with E-state index in [1.807, 2.05) is 6.07 Å². The van der Waals surface area contributed by atoms with E-state index in [9.17, 15) is 4.39 Å². The fraction of sp³-hybridized carbons (Fsp3) is 0.455. The van der Waals surface area contributed by atoms with E-state index in [1.165, 1.54) is 6.07 Å². The van der Waals surface area contributed by atoms with Crippen LogP contribution in [0.4, 0.5) is 4.39 Å². The van der Waals surface area contributed by atoms with Gasteiger partial charge >= 0.3 is 0 Å². The third-order valence-electron chi connectivity index (χ3n) is 2.64. The van der Waals surface area contributed by atoms with Gasteiger partial charge in [0.15, 0.2) is 0 Å². The Kier molecular flexibility index (Phi) is 3.49. The molecule has 0 radical (unpaired) electrons. The van der Waals surface area contributed by atoms with E-state index < -0.39 is 0 Å². The Bertz CT molecular complexity index is 350. The van der Waals surface area contributed by atoms with E-state index in [4.69, 9.17) is 23.2 Å². The quantitative estimate of drug-likeness (QED) is 0.743. The van der Waals surface area contributed by atoms with E-state index in [0.29, 0.717) is 11.8 Å². The Labute approximate surface area is 98.8 Å². The summed E-state index contributed by atoms with van der Waals surface area (Å²) >= 11 is 11.3. The number of benzene rings is 1. The molecule has 1 fully saturated rings. The summed E-state index contributed by atoms with van der Waals surface area (Å²) in [6.07, 6.45) is 0. The molecule has 1 nitrogen and oxygen atoms in total. The summed E-state index contributed by atoms with van der Waals surface area (Å²) in [6, 6.07) is 4.96. The summed E-state index contributed by atoms with van der Waals surface area (Å²) in [5, 5.41) is 0.181. The van der Waals surface area contributed by atoms with Crippen LogP contribution in [0.2, 0.25) is 5.02 Å². The lowest BCUT2D eigenvalue weighted by atomic mass is 10.0. The molecule has 15 heavy (non-hydrogen) atoms. The maximum absolute atomic E-state index is 13.1. The maximum Gasteiger partial charge on any atom is 0.142 e. The second-order valence-electron chi connectivity index (χ2n) is 3.96. The monoisotopic (exact) mass is 247 g/mol. The van der Waals surface area contributed by atoms with Crippen molar-refractivity contribution in [1.29, 1.82) is 0 Å². The Morgan fingerprint density at radius 2 is 2.13 bits per heavy atom. The van der Waals surface area contributed by atoms with E-state index in [1.54, 1.807) is 6.07 Å². The van der Waals surface area contributed by atoms with Gasteiger partial charge in [0.1, 0.15) is 5.82 Å². The number of alkyl halides is 1. The maximum atomic E-state index is 13.1. The summed E-state index contributed by atoms with van der Waals surface area (Å²) in [6.45, 7) is 2.79. The molecular formula is C11H12Cl2FN. The minimum absolute atomic E-state index is 0.181. The zero-order valence-electron chi connectivity index (χ0n) is 8.22. The Hall–Kier alpha value is -0.310. The summed E-state index contributed by atoms with van der Waals surface area (Å²) in [7, 11) is 0. The first-order valence-electron chi connectivity index (χ1n) is 4.91. The van der Waals surface area contributed by atoms with Crippen molar-refractivity contribution in [3.8, 4) is 0 Å². The van der Waals surface area contributed by atoms with Crippen LogP contribution < -0.4 is 0 Å². The van der Waals surface area contributed by atoms with Gasteiger partial charge < -0.3 is 0 Å². The average Bonchev–Trinajstić information content (AvgIpc) is 2.16. The van der Waals surface area contributed by atoms with Crippen LogP contribution in [0.1, 0.15) is 5.56 Å². The van der Waals surface area contributed by atoms with Gasteiger partial charge in [-0.15, -0.1) is 11.6 Å². The minimum atomic E-state index is -0.344. The van der Waals surface area contributed by atoms with Crippen molar-refractivity contribution in [2.24, 2.45) is 5.92 Å². The molecule has 0 aliphatic carbocycles.